The van der Waals surface area contributed by atoms with Crippen molar-refractivity contribution < 1.29 is 4.74 Å². The maximum absolute atomic E-state index is 6.30. The summed E-state index contributed by atoms with van der Waals surface area (Å²) in [7, 11) is 0. The molecule has 1 aliphatic carbocycles. The van der Waals surface area contributed by atoms with Gasteiger partial charge < -0.3 is 10.1 Å². The van der Waals surface area contributed by atoms with E-state index >= 15 is 0 Å². The molecule has 0 aromatic heterocycles. The molecule has 21 heavy (non-hydrogen) atoms. The van der Waals surface area contributed by atoms with Crippen molar-refractivity contribution in [3.8, 4) is 5.75 Å². The van der Waals surface area contributed by atoms with Crippen molar-refractivity contribution in [2.45, 2.75) is 70.4 Å². The molecule has 1 aromatic rings. The molecule has 2 aliphatic rings. The van der Waals surface area contributed by atoms with Crippen LogP contribution >= 0.6 is 0 Å². The van der Waals surface area contributed by atoms with E-state index in [1.807, 2.05) is 0 Å². The third-order valence-corrected chi connectivity index (χ3v) is 5.11. The van der Waals surface area contributed by atoms with Gasteiger partial charge in [-0.3, -0.25) is 0 Å². The Morgan fingerprint density at radius 1 is 1.14 bits per heavy atom. The molecule has 1 fully saturated rings. The van der Waals surface area contributed by atoms with Crippen molar-refractivity contribution in [1.82, 2.24) is 5.32 Å². The third-order valence-electron chi connectivity index (χ3n) is 5.11. The van der Waals surface area contributed by atoms with Crippen molar-refractivity contribution in [2.75, 3.05) is 6.54 Å². The van der Waals surface area contributed by atoms with Crippen molar-refractivity contribution in [3.05, 3.63) is 29.8 Å². The first kappa shape index (κ1) is 14.9. The molecule has 1 aliphatic heterocycles. The summed E-state index contributed by atoms with van der Waals surface area (Å²) in [5.41, 5.74) is 1.39. The van der Waals surface area contributed by atoms with Crippen LogP contribution in [0.2, 0.25) is 0 Å². The van der Waals surface area contributed by atoms with Crippen LogP contribution in [-0.2, 0) is 6.42 Å². The second-order valence-corrected chi connectivity index (χ2v) is 6.70. The monoisotopic (exact) mass is 287 g/mol. The largest absolute Gasteiger partial charge is 0.488 e. The molecule has 1 N–H and O–H groups in total. The van der Waals surface area contributed by atoms with E-state index in [4.69, 9.17) is 4.74 Å². The Kier molecular flexibility index (Phi) is 5.18. The zero-order valence-electron chi connectivity index (χ0n) is 13.3. The van der Waals surface area contributed by atoms with Gasteiger partial charge in [-0.15, -0.1) is 0 Å². The molecule has 0 radical (unpaired) electrons. The fraction of sp³-hybridized carbons (Fsp3) is 0.684. The van der Waals surface area contributed by atoms with Crippen LogP contribution in [0.1, 0.15) is 57.4 Å². The van der Waals surface area contributed by atoms with Gasteiger partial charge in [0.25, 0.3) is 0 Å². The Bertz CT molecular complexity index is 412. The molecular weight excluding hydrogens is 258 g/mol. The first-order chi connectivity index (χ1) is 10.4. The van der Waals surface area contributed by atoms with Crippen molar-refractivity contribution >= 4 is 0 Å². The van der Waals surface area contributed by atoms with Crippen LogP contribution in [0.25, 0.3) is 0 Å². The summed E-state index contributed by atoms with van der Waals surface area (Å²) in [5.74, 6) is 1.90. The summed E-state index contributed by atoms with van der Waals surface area (Å²) >= 11 is 0. The summed E-state index contributed by atoms with van der Waals surface area (Å²) in [5, 5.41) is 3.82. The molecule has 116 valence electrons. The van der Waals surface area contributed by atoms with Crippen LogP contribution < -0.4 is 10.1 Å². The number of hydrogen-bond acceptors (Lipinski definition) is 2. The Morgan fingerprint density at radius 3 is 2.62 bits per heavy atom. The lowest BCUT2D eigenvalue weighted by molar-refractivity contribution is 0.132. The summed E-state index contributed by atoms with van der Waals surface area (Å²) in [4.78, 5) is 0. The first-order valence-electron chi connectivity index (χ1n) is 8.86. The first-order valence-corrected chi connectivity index (χ1v) is 8.86. The third kappa shape index (κ3) is 3.60. The van der Waals surface area contributed by atoms with Crippen molar-refractivity contribution in [3.63, 3.8) is 0 Å². The van der Waals surface area contributed by atoms with Crippen LogP contribution in [0.4, 0.5) is 0 Å². The molecule has 2 atom stereocenters. The van der Waals surface area contributed by atoms with Crippen LogP contribution in [0, 0.1) is 5.92 Å². The number of ether oxygens (including phenoxy) is 1. The molecule has 2 heteroatoms. The Hall–Kier alpha value is -1.02. The Morgan fingerprint density at radius 2 is 1.90 bits per heavy atom. The quantitative estimate of drug-likeness (QED) is 0.814. The average Bonchev–Trinajstić information content (AvgIpc) is 2.75. The van der Waals surface area contributed by atoms with Gasteiger partial charge in [-0.05, 0) is 43.4 Å². The number of fused-ring (bicyclic) bond motifs is 1. The zero-order valence-corrected chi connectivity index (χ0v) is 13.3. The number of rotatable bonds is 5. The highest BCUT2D eigenvalue weighted by atomic mass is 16.5. The van der Waals surface area contributed by atoms with Gasteiger partial charge in [-0.1, -0.05) is 50.8 Å². The second kappa shape index (κ2) is 7.31. The molecule has 0 spiro atoms. The maximum Gasteiger partial charge on any atom is 0.123 e. The lowest BCUT2D eigenvalue weighted by atomic mass is 9.86. The van der Waals surface area contributed by atoms with Gasteiger partial charge in [-0.25, -0.2) is 0 Å². The van der Waals surface area contributed by atoms with Gasteiger partial charge in [0.1, 0.15) is 11.9 Å². The standard InChI is InChI=1S/C19H29NO/c1-2-13-20-19(15-9-5-3-4-6-10-15)18-14-16-11-7-8-12-17(16)21-18/h7-8,11-12,15,18-20H,2-6,9-10,13-14H2,1H3. The average molecular weight is 287 g/mol. The number of benzene rings is 1. The highest BCUT2D eigenvalue weighted by molar-refractivity contribution is 5.37. The molecule has 0 amide bonds. The normalized spacial score (nSPS) is 24.1. The summed E-state index contributed by atoms with van der Waals surface area (Å²) in [6.07, 6.45) is 11.0. The Labute approximate surface area is 129 Å². The molecule has 1 aromatic carbocycles. The van der Waals surface area contributed by atoms with E-state index in [-0.39, 0.29) is 0 Å². The molecular formula is C19H29NO. The summed E-state index contributed by atoms with van der Waals surface area (Å²) in [6.45, 7) is 3.36. The minimum absolute atomic E-state index is 0.331. The van der Waals surface area contributed by atoms with Crippen molar-refractivity contribution in [1.29, 1.82) is 0 Å². The maximum atomic E-state index is 6.30. The highest BCUT2D eigenvalue weighted by Gasteiger charge is 2.34. The van der Waals surface area contributed by atoms with E-state index in [0.29, 0.717) is 12.1 Å². The van der Waals surface area contributed by atoms with Crippen molar-refractivity contribution in [2.24, 2.45) is 5.92 Å². The van der Waals surface area contributed by atoms with Crippen LogP contribution in [0.5, 0.6) is 5.75 Å². The molecule has 2 nitrogen and oxygen atoms in total. The van der Waals surface area contributed by atoms with E-state index < -0.39 is 0 Å². The minimum atomic E-state index is 0.331. The Balaban J connectivity index is 1.70. The van der Waals surface area contributed by atoms with Gasteiger partial charge in [-0.2, -0.15) is 0 Å². The van der Waals surface area contributed by atoms with Crippen LogP contribution in [0.3, 0.4) is 0 Å². The van der Waals surface area contributed by atoms with E-state index in [1.54, 1.807) is 0 Å². The number of hydrogen-bond donors (Lipinski definition) is 1. The zero-order chi connectivity index (χ0) is 14.5. The van der Waals surface area contributed by atoms with Gasteiger partial charge in [0.2, 0.25) is 0 Å². The smallest absolute Gasteiger partial charge is 0.123 e. The van der Waals surface area contributed by atoms with Gasteiger partial charge in [0.15, 0.2) is 0 Å². The topological polar surface area (TPSA) is 21.3 Å². The molecule has 0 bridgehead atoms. The fourth-order valence-corrected chi connectivity index (χ4v) is 3.99. The fourth-order valence-electron chi connectivity index (χ4n) is 3.99. The summed E-state index contributed by atoms with van der Waals surface area (Å²) < 4.78 is 6.30. The van der Waals surface area contributed by atoms with E-state index in [0.717, 1.165) is 24.6 Å². The van der Waals surface area contributed by atoms with E-state index in [2.05, 4.69) is 36.5 Å². The predicted molar refractivity (Wildman–Crippen MR) is 87.8 cm³/mol. The van der Waals surface area contributed by atoms with Gasteiger partial charge in [0, 0.05) is 12.5 Å². The lowest BCUT2D eigenvalue weighted by Crippen LogP contribution is -2.47. The molecule has 3 rings (SSSR count). The van der Waals surface area contributed by atoms with Gasteiger partial charge >= 0.3 is 0 Å². The summed E-state index contributed by atoms with van der Waals surface area (Å²) in [6, 6.07) is 9.08. The number of para-hydroxylation sites is 1. The molecule has 1 saturated carbocycles. The molecule has 1 heterocycles. The van der Waals surface area contributed by atoms with Gasteiger partial charge in [0.05, 0.1) is 0 Å². The number of nitrogens with one attached hydrogen (secondary N) is 1. The molecule has 2 unspecified atom stereocenters. The SMILES string of the molecule is CCCNC(C1CCCCCC1)C1Cc2ccccc2O1. The lowest BCUT2D eigenvalue weighted by Gasteiger charge is -2.31. The van der Waals surface area contributed by atoms with E-state index in [9.17, 15) is 0 Å². The predicted octanol–water partition coefficient (Wildman–Crippen LogP) is 4.33. The molecule has 0 saturated heterocycles. The second-order valence-electron chi connectivity index (χ2n) is 6.70. The highest BCUT2D eigenvalue weighted by Crippen LogP contribution is 2.34. The van der Waals surface area contributed by atoms with Crippen LogP contribution in [0.15, 0.2) is 24.3 Å². The van der Waals surface area contributed by atoms with Crippen LogP contribution in [-0.4, -0.2) is 18.7 Å². The van der Waals surface area contributed by atoms with E-state index in [1.165, 1.54) is 50.5 Å². The minimum Gasteiger partial charge on any atom is -0.488 e.